The summed E-state index contributed by atoms with van der Waals surface area (Å²) in [6, 6.07) is 7.51. The summed E-state index contributed by atoms with van der Waals surface area (Å²) < 4.78 is 0. The molecule has 1 fully saturated rings. The monoisotopic (exact) mass is 303 g/mol. The van der Waals surface area contributed by atoms with Gasteiger partial charge in [0.2, 0.25) is 0 Å². The van der Waals surface area contributed by atoms with Crippen molar-refractivity contribution in [3.63, 3.8) is 0 Å². The van der Waals surface area contributed by atoms with E-state index in [1.165, 1.54) is 0 Å². The molecule has 1 heterocycles. The third kappa shape index (κ3) is 2.21. The second-order valence-electron chi connectivity index (χ2n) is 5.14. The lowest BCUT2D eigenvalue weighted by Gasteiger charge is -2.38. The fraction of sp³-hybridized carbons (Fsp3) is 0.333. The smallest absolute Gasteiger partial charge is 0.163 e. The van der Waals surface area contributed by atoms with Crippen LogP contribution in [-0.2, 0) is 16.0 Å². The number of ketones is 2. The van der Waals surface area contributed by atoms with Crippen LogP contribution in [0.1, 0.15) is 30.4 Å². The predicted molar refractivity (Wildman–Crippen MR) is 83.9 cm³/mol. The summed E-state index contributed by atoms with van der Waals surface area (Å²) in [5.74, 6) is -0.0502. The minimum Gasteiger partial charge on any atom is -0.316 e. The summed E-state index contributed by atoms with van der Waals surface area (Å²) in [4.78, 5) is 26.6. The maximum absolute atomic E-state index is 12.1. The highest BCUT2D eigenvalue weighted by atomic mass is 32.1. The molecule has 102 valence electrons. The number of hydrogen-bond acceptors (Lipinski definition) is 4. The molecule has 0 bridgehead atoms. The van der Waals surface area contributed by atoms with E-state index < -0.39 is 0 Å². The Morgan fingerprint density at radius 2 is 1.85 bits per heavy atom. The molecule has 1 aromatic carbocycles. The normalized spacial score (nSPS) is 23.0. The Morgan fingerprint density at radius 1 is 1.10 bits per heavy atom. The number of hydrogen-bond donors (Lipinski definition) is 0. The van der Waals surface area contributed by atoms with Crippen molar-refractivity contribution in [2.75, 3.05) is 0 Å². The van der Waals surface area contributed by atoms with Crippen LogP contribution in [0.25, 0.3) is 0 Å². The SMILES string of the molecule is O=C1CCC(N2C(=S)Cc3ccccc3C2=S)C(=O)C1. The molecule has 1 aliphatic carbocycles. The molecular weight excluding hydrogens is 290 g/mol. The molecule has 0 aromatic heterocycles. The van der Waals surface area contributed by atoms with Crippen LogP contribution in [0.15, 0.2) is 24.3 Å². The zero-order valence-corrected chi connectivity index (χ0v) is 12.4. The molecule has 0 amide bonds. The first-order valence-electron chi connectivity index (χ1n) is 6.56. The molecule has 1 atom stereocenters. The number of thiocarbonyl (C=S) groups is 2. The Hall–Kier alpha value is -1.46. The van der Waals surface area contributed by atoms with Gasteiger partial charge in [-0.15, -0.1) is 0 Å². The number of nitrogens with zero attached hydrogens (tertiary/aromatic N) is 1. The van der Waals surface area contributed by atoms with Crippen LogP contribution in [-0.4, -0.2) is 32.5 Å². The van der Waals surface area contributed by atoms with Gasteiger partial charge in [0.25, 0.3) is 0 Å². The first kappa shape index (κ1) is 13.5. The van der Waals surface area contributed by atoms with Crippen molar-refractivity contribution >= 4 is 46.0 Å². The number of carbonyl (C=O) groups is 2. The summed E-state index contributed by atoms with van der Waals surface area (Å²) in [6.07, 6.45) is 1.58. The van der Waals surface area contributed by atoms with E-state index >= 15 is 0 Å². The molecule has 1 unspecified atom stereocenters. The number of fused-ring (bicyclic) bond motifs is 1. The third-order valence-electron chi connectivity index (χ3n) is 3.83. The van der Waals surface area contributed by atoms with Crippen molar-refractivity contribution in [3.8, 4) is 0 Å². The van der Waals surface area contributed by atoms with Gasteiger partial charge in [0.15, 0.2) is 5.78 Å². The molecule has 20 heavy (non-hydrogen) atoms. The van der Waals surface area contributed by atoms with Crippen LogP contribution in [0, 0.1) is 0 Å². The van der Waals surface area contributed by atoms with Gasteiger partial charge in [-0.25, -0.2) is 0 Å². The quantitative estimate of drug-likeness (QED) is 0.587. The van der Waals surface area contributed by atoms with Gasteiger partial charge in [0, 0.05) is 18.4 Å². The average Bonchev–Trinajstić information content (AvgIpc) is 2.41. The third-order valence-corrected chi connectivity index (χ3v) is 4.59. The molecular formula is C15H13NO2S2. The summed E-state index contributed by atoms with van der Waals surface area (Å²) in [5.41, 5.74) is 2.08. The zero-order chi connectivity index (χ0) is 14.3. The number of rotatable bonds is 1. The number of Topliss-reactive ketones (excluding diaryl/α,β-unsaturated/α-hetero) is 2. The summed E-state index contributed by atoms with van der Waals surface area (Å²) in [6.45, 7) is 0. The van der Waals surface area contributed by atoms with Crippen molar-refractivity contribution < 1.29 is 9.59 Å². The lowest BCUT2D eigenvalue weighted by Crippen LogP contribution is -2.52. The van der Waals surface area contributed by atoms with Gasteiger partial charge < -0.3 is 4.90 Å². The molecule has 0 radical (unpaired) electrons. The van der Waals surface area contributed by atoms with Gasteiger partial charge in [0.05, 0.1) is 17.5 Å². The first-order chi connectivity index (χ1) is 9.58. The van der Waals surface area contributed by atoms with Gasteiger partial charge >= 0.3 is 0 Å². The van der Waals surface area contributed by atoms with E-state index in [2.05, 4.69) is 0 Å². The summed E-state index contributed by atoms with van der Waals surface area (Å²) in [5, 5.41) is 0. The second-order valence-corrected chi connectivity index (χ2v) is 6.00. The van der Waals surface area contributed by atoms with Crippen molar-refractivity contribution in [2.24, 2.45) is 0 Å². The molecule has 1 aliphatic heterocycles. The Balaban J connectivity index is 1.95. The molecule has 1 saturated carbocycles. The van der Waals surface area contributed by atoms with Crippen LogP contribution < -0.4 is 0 Å². The van der Waals surface area contributed by atoms with Crippen LogP contribution in [0.5, 0.6) is 0 Å². The highest BCUT2D eigenvalue weighted by Gasteiger charge is 2.37. The Bertz CT molecular complexity index is 639. The molecule has 0 N–H and O–H groups in total. The standard InChI is InChI=1S/C15H13NO2S2/c17-10-5-6-12(13(18)8-10)16-14(19)7-9-3-1-2-4-11(9)15(16)20/h1-4,12H,5-8H2. The van der Waals surface area contributed by atoms with E-state index in [1.54, 1.807) is 4.90 Å². The lowest BCUT2D eigenvalue weighted by molar-refractivity contribution is -0.132. The van der Waals surface area contributed by atoms with Crippen LogP contribution in [0.4, 0.5) is 0 Å². The molecule has 1 aromatic rings. The van der Waals surface area contributed by atoms with Gasteiger partial charge in [-0.2, -0.15) is 0 Å². The molecule has 0 spiro atoms. The number of carbonyl (C=O) groups excluding carboxylic acids is 2. The largest absolute Gasteiger partial charge is 0.316 e. The van der Waals surface area contributed by atoms with Gasteiger partial charge in [-0.05, 0) is 12.0 Å². The van der Waals surface area contributed by atoms with Gasteiger partial charge in [-0.3, -0.25) is 9.59 Å². The highest BCUT2D eigenvalue weighted by Crippen LogP contribution is 2.27. The summed E-state index contributed by atoms with van der Waals surface area (Å²) in [7, 11) is 0. The van der Waals surface area contributed by atoms with Gasteiger partial charge in [-0.1, -0.05) is 48.7 Å². The fourth-order valence-corrected chi connectivity index (χ4v) is 3.69. The lowest BCUT2D eigenvalue weighted by atomic mass is 9.89. The number of benzene rings is 1. The van der Waals surface area contributed by atoms with E-state index in [9.17, 15) is 9.59 Å². The molecule has 0 saturated heterocycles. The Morgan fingerprint density at radius 3 is 2.60 bits per heavy atom. The van der Waals surface area contributed by atoms with Crippen molar-refractivity contribution in [2.45, 2.75) is 31.7 Å². The van der Waals surface area contributed by atoms with Crippen LogP contribution in [0.3, 0.4) is 0 Å². The fourth-order valence-electron chi connectivity index (χ4n) is 2.82. The predicted octanol–water partition coefficient (Wildman–Crippen LogP) is 2.24. The topological polar surface area (TPSA) is 37.4 Å². The second kappa shape index (κ2) is 5.14. The molecule has 5 heteroatoms. The Labute approximate surface area is 128 Å². The zero-order valence-electron chi connectivity index (χ0n) is 10.8. The molecule has 2 aliphatic rings. The van der Waals surface area contributed by atoms with E-state index in [-0.39, 0.29) is 24.0 Å². The van der Waals surface area contributed by atoms with Crippen molar-refractivity contribution in [1.29, 1.82) is 0 Å². The molecule has 3 nitrogen and oxygen atoms in total. The minimum absolute atomic E-state index is 0.00798. The van der Waals surface area contributed by atoms with E-state index in [1.807, 2.05) is 24.3 Å². The Kier molecular flexibility index (Phi) is 3.48. The summed E-state index contributed by atoms with van der Waals surface area (Å²) >= 11 is 11.0. The molecule has 3 rings (SSSR count). The van der Waals surface area contributed by atoms with Crippen molar-refractivity contribution in [1.82, 2.24) is 4.90 Å². The van der Waals surface area contributed by atoms with E-state index in [0.29, 0.717) is 29.2 Å². The highest BCUT2D eigenvalue weighted by molar-refractivity contribution is 7.82. The maximum atomic E-state index is 12.1. The van der Waals surface area contributed by atoms with Crippen molar-refractivity contribution in [3.05, 3.63) is 35.4 Å². The van der Waals surface area contributed by atoms with Gasteiger partial charge in [0.1, 0.15) is 10.8 Å². The van der Waals surface area contributed by atoms with Crippen LogP contribution >= 0.6 is 24.4 Å². The van der Waals surface area contributed by atoms with E-state index in [0.717, 1.165) is 11.1 Å². The maximum Gasteiger partial charge on any atom is 0.163 e. The van der Waals surface area contributed by atoms with Crippen LogP contribution in [0.2, 0.25) is 0 Å². The van der Waals surface area contributed by atoms with E-state index in [4.69, 9.17) is 24.4 Å². The average molecular weight is 303 g/mol. The first-order valence-corrected chi connectivity index (χ1v) is 7.38. The minimum atomic E-state index is -0.360.